The van der Waals surface area contributed by atoms with Gasteiger partial charge in [-0.3, -0.25) is 0 Å². The van der Waals surface area contributed by atoms with E-state index in [0.29, 0.717) is 12.6 Å². The summed E-state index contributed by atoms with van der Waals surface area (Å²) >= 11 is 0. The minimum atomic E-state index is -1.10. The highest BCUT2D eigenvalue weighted by Gasteiger charge is 2.16. The third-order valence-electron chi connectivity index (χ3n) is 2.99. The largest absolute Gasteiger partial charge is 0.507 e. The summed E-state index contributed by atoms with van der Waals surface area (Å²) < 4.78 is 0. The second-order valence-corrected chi connectivity index (χ2v) is 4.17. The van der Waals surface area contributed by atoms with E-state index in [2.05, 4.69) is 5.32 Å². The predicted molar refractivity (Wildman–Crippen MR) is 59.5 cm³/mol. The van der Waals surface area contributed by atoms with E-state index in [9.17, 15) is 9.90 Å². The molecule has 0 saturated heterocycles. The molecular formula is C12H15NO3. The topological polar surface area (TPSA) is 69.6 Å². The molecular weight excluding hydrogens is 206 g/mol. The van der Waals surface area contributed by atoms with Gasteiger partial charge in [0.15, 0.2) is 0 Å². The van der Waals surface area contributed by atoms with E-state index < -0.39 is 5.97 Å². The first kappa shape index (κ1) is 11.0. The number of carbonyl (C=O) groups is 1. The Morgan fingerprint density at radius 2 is 2.19 bits per heavy atom. The number of phenols is 1. The highest BCUT2D eigenvalue weighted by atomic mass is 16.4. The van der Waals surface area contributed by atoms with E-state index in [-0.39, 0.29) is 11.3 Å². The van der Waals surface area contributed by atoms with Gasteiger partial charge in [-0.25, -0.2) is 4.79 Å². The first-order valence-corrected chi connectivity index (χ1v) is 5.45. The first-order chi connectivity index (χ1) is 7.66. The quantitative estimate of drug-likeness (QED) is 0.724. The third-order valence-corrected chi connectivity index (χ3v) is 2.99. The van der Waals surface area contributed by atoms with Crippen molar-refractivity contribution in [2.24, 2.45) is 0 Å². The Labute approximate surface area is 93.9 Å². The second kappa shape index (κ2) is 4.53. The zero-order valence-corrected chi connectivity index (χ0v) is 8.94. The lowest BCUT2D eigenvalue weighted by molar-refractivity contribution is 0.0693. The van der Waals surface area contributed by atoms with E-state index in [4.69, 9.17) is 5.11 Å². The molecule has 1 aromatic rings. The zero-order chi connectivity index (χ0) is 11.5. The van der Waals surface area contributed by atoms with Crippen LogP contribution in [-0.4, -0.2) is 22.2 Å². The number of nitrogens with one attached hydrogen (secondary N) is 1. The molecule has 16 heavy (non-hydrogen) atoms. The number of hydrogen-bond acceptors (Lipinski definition) is 3. The summed E-state index contributed by atoms with van der Waals surface area (Å²) in [5, 5.41) is 21.6. The van der Waals surface area contributed by atoms with Gasteiger partial charge < -0.3 is 15.5 Å². The van der Waals surface area contributed by atoms with Crippen molar-refractivity contribution in [3.63, 3.8) is 0 Å². The van der Waals surface area contributed by atoms with Gasteiger partial charge in [-0.05, 0) is 30.5 Å². The van der Waals surface area contributed by atoms with Crippen LogP contribution in [0.1, 0.15) is 35.2 Å². The lowest BCUT2D eigenvalue weighted by Crippen LogP contribution is -2.34. The van der Waals surface area contributed by atoms with Crippen LogP contribution in [0, 0.1) is 0 Å². The predicted octanol–water partition coefficient (Wildman–Crippen LogP) is 1.73. The Morgan fingerprint density at radius 3 is 2.69 bits per heavy atom. The molecule has 1 aromatic carbocycles. The summed E-state index contributed by atoms with van der Waals surface area (Å²) in [4.78, 5) is 10.7. The molecule has 0 heterocycles. The molecule has 1 aliphatic carbocycles. The van der Waals surface area contributed by atoms with Crippen LogP contribution >= 0.6 is 0 Å². The Bertz CT molecular complexity index is 399. The van der Waals surface area contributed by atoms with Gasteiger partial charge >= 0.3 is 5.97 Å². The van der Waals surface area contributed by atoms with Crippen molar-refractivity contribution < 1.29 is 15.0 Å². The molecule has 0 amide bonds. The molecule has 1 aliphatic rings. The van der Waals surface area contributed by atoms with Crippen LogP contribution in [0.4, 0.5) is 0 Å². The summed E-state index contributed by atoms with van der Waals surface area (Å²) in [6.45, 7) is 0.679. The van der Waals surface area contributed by atoms with Crippen LogP contribution < -0.4 is 5.32 Å². The van der Waals surface area contributed by atoms with E-state index in [1.54, 1.807) is 6.07 Å². The molecule has 0 unspecified atom stereocenters. The Balaban J connectivity index is 1.99. The number of aromatic hydroxyl groups is 1. The molecule has 0 aliphatic heterocycles. The molecule has 2 rings (SSSR count). The van der Waals surface area contributed by atoms with Crippen LogP contribution in [0.2, 0.25) is 0 Å². The molecule has 0 spiro atoms. The highest BCUT2D eigenvalue weighted by Crippen LogP contribution is 2.21. The fourth-order valence-corrected chi connectivity index (χ4v) is 1.74. The highest BCUT2D eigenvalue weighted by molar-refractivity contribution is 5.90. The van der Waals surface area contributed by atoms with Gasteiger partial charge in [0.25, 0.3) is 0 Å². The average molecular weight is 221 g/mol. The van der Waals surface area contributed by atoms with Crippen molar-refractivity contribution in [3.8, 4) is 5.75 Å². The SMILES string of the molecule is O=C(O)c1ccc(CNC2CCC2)cc1O. The van der Waals surface area contributed by atoms with E-state index in [1.807, 2.05) is 0 Å². The molecule has 0 radical (unpaired) electrons. The normalized spacial score (nSPS) is 15.8. The van der Waals surface area contributed by atoms with Crippen molar-refractivity contribution in [1.82, 2.24) is 5.32 Å². The van der Waals surface area contributed by atoms with Gasteiger partial charge in [0.05, 0.1) is 0 Å². The average Bonchev–Trinajstić information content (AvgIpc) is 2.14. The third kappa shape index (κ3) is 2.33. The van der Waals surface area contributed by atoms with Gasteiger partial charge in [-0.2, -0.15) is 0 Å². The summed E-state index contributed by atoms with van der Waals surface area (Å²) in [5.74, 6) is -1.27. The van der Waals surface area contributed by atoms with Crippen LogP contribution in [-0.2, 0) is 6.54 Å². The van der Waals surface area contributed by atoms with Crippen molar-refractivity contribution in [3.05, 3.63) is 29.3 Å². The molecule has 1 fully saturated rings. The minimum absolute atomic E-state index is 0.0487. The number of aromatic carboxylic acids is 1. The monoisotopic (exact) mass is 221 g/mol. The molecule has 4 nitrogen and oxygen atoms in total. The van der Waals surface area contributed by atoms with Gasteiger partial charge in [0.2, 0.25) is 0 Å². The number of rotatable bonds is 4. The maximum atomic E-state index is 10.7. The lowest BCUT2D eigenvalue weighted by Gasteiger charge is -2.26. The second-order valence-electron chi connectivity index (χ2n) is 4.17. The summed E-state index contributed by atoms with van der Waals surface area (Å²) in [6, 6.07) is 5.26. The van der Waals surface area contributed by atoms with Crippen LogP contribution in [0.5, 0.6) is 5.75 Å². The first-order valence-electron chi connectivity index (χ1n) is 5.45. The Morgan fingerprint density at radius 1 is 1.44 bits per heavy atom. The molecule has 0 atom stereocenters. The fraction of sp³-hybridized carbons (Fsp3) is 0.417. The Kier molecular flexibility index (Phi) is 3.10. The summed E-state index contributed by atoms with van der Waals surface area (Å²) in [5.41, 5.74) is 0.863. The van der Waals surface area contributed by atoms with Crippen LogP contribution in [0.25, 0.3) is 0 Å². The summed E-state index contributed by atoms with van der Waals surface area (Å²) in [7, 11) is 0. The number of carboxylic acid groups (broad SMARTS) is 1. The maximum absolute atomic E-state index is 10.7. The van der Waals surface area contributed by atoms with Gasteiger partial charge in [0.1, 0.15) is 11.3 Å². The lowest BCUT2D eigenvalue weighted by atomic mass is 9.93. The number of hydrogen-bond donors (Lipinski definition) is 3. The van der Waals surface area contributed by atoms with Gasteiger partial charge in [0, 0.05) is 12.6 Å². The number of carboxylic acids is 1. The van der Waals surface area contributed by atoms with Crippen molar-refractivity contribution in [1.29, 1.82) is 0 Å². The molecule has 86 valence electrons. The molecule has 3 N–H and O–H groups in total. The zero-order valence-electron chi connectivity index (χ0n) is 8.94. The van der Waals surface area contributed by atoms with Crippen molar-refractivity contribution in [2.75, 3.05) is 0 Å². The van der Waals surface area contributed by atoms with Crippen molar-refractivity contribution in [2.45, 2.75) is 31.8 Å². The van der Waals surface area contributed by atoms with Crippen LogP contribution in [0.15, 0.2) is 18.2 Å². The minimum Gasteiger partial charge on any atom is -0.507 e. The molecule has 0 aromatic heterocycles. The van der Waals surface area contributed by atoms with E-state index in [1.165, 1.54) is 31.4 Å². The van der Waals surface area contributed by atoms with Crippen molar-refractivity contribution >= 4 is 5.97 Å². The maximum Gasteiger partial charge on any atom is 0.339 e. The Hall–Kier alpha value is -1.55. The van der Waals surface area contributed by atoms with E-state index >= 15 is 0 Å². The standard InChI is InChI=1S/C12H15NO3/c14-11-6-8(4-5-10(11)12(15)16)7-13-9-2-1-3-9/h4-6,9,13-14H,1-3,7H2,(H,15,16). The van der Waals surface area contributed by atoms with E-state index in [0.717, 1.165) is 5.56 Å². The number of benzene rings is 1. The molecule has 4 heteroatoms. The van der Waals surface area contributed by atoms with Gasteiger partial charge in [-0.15, -0.1) is 0 Å². The molecule has 1 saturated carbocycles. The molecule has 0 bridgehead atoms. The van der Waals surface area contributed by atoms with Gasteiger partial charge in [-0.1, -0.05) is 12.5 Å². The fourth-order valence-electron chi connectivity index (χ4n) is 1.74. The van der Waals surface area contributed by atoms with Crippen LogP contribution in [0.3, 0.4) is 0 Å². The summed E-state index contributed by atoms with van der Waals surface area (Å²) in [6.07, 6.45) is 3.69. The smallest absolute Gasteiger partial charge is 0.339 e.